The zero-order chi connectivity index (χ0) is 25.9. The zero-order valence-corrected chi connectivity index (χ0v) is 19.5. The first-order valence-corrected chi connectivity index (χ1v) is 11.4. The van der Waals surface area contributed by atoms with E-state index in [9.17, 15) is 24.8 Å². The van der Waals surface area contributed by atoms with Gasteiger partial charge < -0.3 is 14.8 Å². The van der Waals surface area contributed by atoms with Crippen molar-refractivity contribution < 1.29 is 24.2 Å². The number of imidazole rings is 1. The summed E-state index contributed by atoms with van der Waals surface area (Å²) in [5.41, 5.74) is 2.51. The molecule has 37 heavy (non-hydrogen) atoms. The van der Waals surface area contributed by atoms with Gasteiger partial charge in [-0.2, -0.15) is 5.26 Å². The van der Waals surface area contributed by atoms with Crippen LogP contribution in [0, 0.1) is 11.3 Å². The molecule has 2 N–H and O–H groups in total. The minimum atomic E-state index is -0.820. The van der Waals surface area contributed by atoms with Gasteiger partial charge in [0.15, 0.2) is 11.6 Å². The first-order valence-electron chi connectivity index (χ1n) is 11.4. The van der Waals surface area contributed by atoms with E-state index in [0.29, 0.717) is 17.5 Å². The van der Waals surface area contributed by atoms with E-state index >= 15 is 0 Å². The number of aromatic amines is 1. The fourth-order valence-corrected chi connectivity index (χ4v) is 4.12. The number of aliphatic hydroxyl groups is 1. The molecular formula is C28H20N4O5. The number of aromatic nitrogens is 2. The number of allylic oxidation sites excluding steroid dienone is 1. The number of carbonyl (C=O) groups excluding carboxylic acids is 3. The Morgan fingerprint density at radius 1 is 1.00 bits per heavy atom. The number of rotatable bonds is 7. The number of ether oxygens (including phenoxy) is 1. The molecule has 2 heterocycles. The molecule has 182 valence electrons. The Balaban J connectivity index is 1.28. The second-order valence-corrected chi connectivity index (χ2v) is 8.37. The molecule has 0 bridgehead atoms. The summed E-state index contributed by atoms with van der Waals surface area (Å²) in [6, 6.07) is 22.6. The number of imide groups is 1. The van der Waals surface area contributed by atoms with Gasteiger partial charge in [0, 0.05) is 6.54 Å². The summed E-state index contributed by atoms with van der Waals surface area (Å²) >= 11 is 0. The number of carbonyl (C=O) groups is 3. The maximum Gasteiger partial charge on any atom is 0.338 e. The van der Waals surface area contributed by atoms with Gasteiger partial charge in [-0.05, 0) is 42.3 Å². The minimum absolute atomic E-state index is 0.0415. The van der Waals surface area contributed by atoms with E-state index in [1.54, 1.807) is 24.3 Å². The van der Waals surface area contributed by atoms with Gasteiger partial charge in [-0.25, -0.2) is 9.78 Å². The Morgan fingerprint density at radius 2 is 1.73 bits per heavy atom. The predicted octanol–water partition coefficient (Wildman–Crippen LogP) is 4.05. The minimum Gasteiger partial charge on any atom is -0.507 e. The number of hydrogen-bond acceptors (Lipinski definition) is 7. The van der Waals surface area contributed by atoms with Gasteiger partial charge in [0.25, 0.3) is 11.8 Å². The Hall–Kier alpha value is -5.23. The van der Waals surface area contributed by atoms with Crippen LogP contribution in [0.5, 0.6) is 0 Å². The highest BCUT2D eigenvalue weighted by Crippen LogP contribution is 2.25. The van der Waals surface area contributed by atoms with E-state index in [1.165, 1.54) is 18.2 Å². The fraction of sp³-hybridized carbons (Fsp3) is 0.107. The van der Waals surface area contributed by atoms with Crippen LogP contribution in [0.15, 0.2) is 78.6 Å². The number of nitrogens with one attached hydrogen (secondary N) is 1. The molecule has 9 heteroatoms. The van der Waals surface area contributed by atoms with E-state index in [1.807, 2.05) is 36.4 Å². The Kier molecular flexibility index (Phi) is 6.22. The number of benzene rings is 3. The van der Waals surface area contributed by atoms with Crippen molar-refractivity contribution in [3.05, 3.63) is 107 Å². The molecule has 0 saturated heterocycles. The van der Waals surface area contributed by atoms with E-state index in [-0.39, 0.29) is 34.6 Å². The Bertz CT molecular complexity index is 1580. The van der Waals surface area contributed by atoms with Crippen LogP contribution >= 0.6 is 0 Å². The van der Waals surface area contributed by atoms with Crippen molar-refractivity contribution in [2.24, 2.45) is 0 Å². The van der Waals surface area contributed by atoms with Gasteiger partial charge in [0.05, 0.1) is 27.7 Å². The number of hydrogen-bond donors (Lipinski definition) is 2. The summed E-state index contributed by atoms with van der Waals surface area (Å²) in [6.07, 6.45) is 0.513. The molecule has 0 atom stereocenters. The molecular weight excluding hydrogens is 472 g/mol. The van der Waals surface area contributed by atoms with Crippen LogP contribution < -0.4 is 0 Å². The third-order valence-corrected chi connectivity index (χ3v) is 6.04. The van der Waals surface area contributed by atoms with Crippen LogP contribution in [0.3, 0.4) is 0 Å². The number of nitrogens with zero attached hydrogens (tertiary/aromatic N) is 3. The summed E-state index contributed by atoms with van der Waals surface area (Å²) in [4.78, 5) is 46.7. The number of nitriles is 1. The number of fused-ring (bicyclic) bond motifs is 2. The summed E-state index contributed by atoms with van der Waals surface area (Å²) in [7, 11) is 0. The van der Waals surface area contributed by atoms with Crippen LogP contribution in [0.4, 0.5) is 0 Å². The third-order valence-electron chi connectivity index (χ3n) is 6.04. The van der Waals surface area contributed by atoms with E-state index in [0.717, 1.165) is 10.5 Å². The normalized spacial score (nSPS) is 13.3. The molecule has 0 spiro atoms. The summed E-state index contributed by atoms with van der Waals surface area (Å²) < 4.78 is 5.17. The Morgan fingerprint density at radius 3 is 2.49 bits per heavy atom. The van der Waals surface area contributed by atoms with E-state index in [2.05, 4.69) is 9.97 Å². The lowest BCUT2D eigenvalue weighted by molar-refractivity contribution is 0.0502. The maximum absolute atomic E-state index is 12.9. The molecule has 0 aliphatic carbocycles. The highest BCUT2D eigenvalue weighted by molar-refractivity contribution is 6.22. The number of esters is 1. The Labute approximate surface area is 211 Å². The second kappa shape index (κ2) is 9.79. The zero-order valence-electron chi connectivity index (χ0n) is 19.5. The smallest absolute Gasteiger partial charge is 0.338 e. The largest absolute Gasteiger partial charge is 0.507 e. The average molecular weight is 492 g/mol. The van der Waals surface area contributed by atoms with Crippen LogP contribution in [0.2, 0.25) is 0 Å². The van der Waals surface area contributed by atoms with Gasteiger partial charge in [-0.15, -0.1) is 0 Å². The quantitative estimate of drug-likeness (QED) is 0.172. The summed E-state index contributed by atoms with van der Waals surface area (Å²) in [6.45, 7) is -0.362. The number of H-pyrrole nitrogens is 1. The monoisotopic (exact) mass is 492 g/mol. The predicted molar refractivity (Wildman–Crippen MR) is 133 cm³/mol. The number of para-hydroxylation sites is 2. The molecule has 0 fully saturated rings. The molecule has 3 aromatic carbocycles. The fourth-order valence-electron chi connectivity index (χ4n) is 4.12. The van der Waals surface area contributed by atoms with E-state index in [4.69, 9.17) is 4.74 Å². The third kappa shape index (κ3) is 4.56. The SMILES string of the molecule is N#C/C(=C(/O)COC(=O)c1ccc2c(c1)C(=O)N(CCc1ccccc1)C2=O)c1nc2ccccc2[nH]1. The summed E-state index contributed by atoms with van der Waals surface area (Å²) in [5.74, 6) is -2.05. The van der Waals surface area contributed by atoms with Crippen molar-refractivity contribution in [2.45, 2.75) is 6.42 Å². The molecule has 1 aromatic heterocycles. The van der Waals surface area contributed by atoms with Crippen LogP contribution in [0.25, 0.3) is 16.6 Å². The van der Waals surface area contributed by atoms with E-state index < -0.39 is 30.1 Å². The average Bonchev–Trinajstić information content (AvgIpc) is 3.45. The van der Waals surface area contributed by atoms with Crippen molar-refractivity contribution in [1.29, 1.82) is 5.26 Å². The first-order chi connectivity index (χ1) is 18.0. The van der Waals surface area contributed by atoms with Gasteiger partial charge >= 0.3 is 5.97 Å². The molecule has 0 unspecified atom stereocenters. The highest BCUT2D eigenvalue weighted by Gasteiger charge is 2.35. The van der Waals surface area contributed by atoms with Crippen molar-refractivity contribution >= 4 is 34.4 Å². The molecule has 2 amide bonds. The highest BCUT2D eigenvalue weighted by atomic mass is 16.5. The van der Waals surface area contributed by atoms with Crippen LogP contribution in [-0.4, -0.2) is 50.9 Å². The second-order valence-electron chi connectivity index (χ2n) is 8.37. The van der Waals surface area contributed by atoms with Gasteiger partial charge in [-0.1, -0.05) is 42.5 Å². The maximum atomic E-state index is 12.9. The molecule has 0 radical (unpaired) electrons. The summed E-state index contributed by atoms with van der Waals surface area (Å²) in [5, 5.41) is 19.9. The first kappa shape index (κ1) is 23.5. The lowest BCUT2D eigenvalue weighted by Gasteiger charge is -2.13. The van der Waals surface area contributed by atoms with Crippen molar-refractivity contribution in [1.82, 2.24) is 14.9 Å². The molecule has 0 saturated carbocycles. The lowest BCUT2D eigenvalue weighted by atomic mass is 10.1. The number of aliphatic hydroxyl groups excluding tert-OH is 1. The van der Waals surface area contributed by atoms with Crippen molar-refractivity contribution in [3.8, 4) is 6.07 Å². The number of amides is 2. The lowest BCUT2D eigenvalue weighted by Crippen LogP contribution is -2.31. The molecule has 1 aliphatic rings. The van der Waals surface area contributed by atoms with Gasteiger partial charge in [0.1, 0.15) is 18.2 Å². The van der Waals surface area contributed by atoms with Crippen molar-refractivity contribution in [2.75, 3.05) is 13.2 Å². The molecule has 1 aliphatic heterocycles. The van der Waals surface area contributed by atoms with Crippen molar-refractivity contribution in [3.63, 3.8) is 0 Å². The standard InChI is InChI=1S/C28H20N4O5/c29-15-21(25-30-22-8-4-5-9-23(22)31-25)24(33)16-37-28(36)18-10-11-19-20(14-18)27(35)32(26(19)34)13-12-17-6-2-1-3-7-17/h1-11,14,33H,12-13,16H2,(H,30,31)/b24-21-. The molecule has 5 rings (SSSR count). The molecule has 4 aromatic rings. The van der Waals surface area contributed by atoms with Gasteiger partial charge in [-0.3, -0.25) is 14.5 Å². The van der Waals surface area contributed by atoms with Crippen LogP contribution in [0.1, 0.15) is 42.5 Å². The molecule has 9 nitrogen and oxygen atoms in total. The topological polar surface area (TPSA) is 136 Å². The van der Waals surface area contributed by atoms with Crippen LogP contribution in [-0.2, 0) is 11.2 Å². The van der Waals surface area contributed by atoms with Gasteiger partial charge in [0.2, 0.25) is 0 Å².